The third kappa shape index (κ3) is 4.99. The van der Waals surface area contributed by atoms with E-state index < -0.39 is 10.0 Å². The fraction of sp³-hybridized carbons (Fsp3) is 0.0870. The number of methoxy groups -OCH3 is 1. The second kappa shape index (κ2) is 9.81. The van der Waals surface area contributed by atoms with E-state index in [-0.39, 0.29) is 56.5 Å². The van der Waals surface area contributed by atoms with Gasteiger partial charge in [-0.1, -0.05) is 29.3 Å². The number of halogens is 2. The topological polar surface area (TPSA) is 136 Å². The number of hydrogen-bond donors (Lipinski definition) is 1. The summed E-state index contributed by atoms with van der Waals surface area (Å²) >= 11 is 12.7. The monoisotopic (exact) mass is 562 g/mol. The molecule has 0 bridgehead atoms. The molecule has 1 aliphatic rings. The summed E-state index contributed by atoms with van der Waals surface area (Å²) in [5.41, 5.74) is 0.401. The van der Waals surface area contributed by atoms with Crippen LogP contribution in [0.1, 0.15) is 0 Å². The summed E-state index contributed by atoms with van der Waals surface area (Å²) in [6.07, 6.45) is 2.48. The van der Waals surface area contributed by atoms with E-state index in [1.807, 2.05) is 0 Å². The molecule has 0 spiro atoms. The molecular weight excluding hydrogens is 547 g/mol. The molecule has 4 aromatic rings. The molecule has 2 aromatic carbocycles. The van der Waals surface area contributed by atoms with Crippen LogP contribution in [0.2, 0.25) is 10.2 Å². The van der Waals surface area contributed by atoms with E-state index >= 15 is 0 Å². The molecule has 3 heterocycles. The molecule has 14 heteroatoms. The van der Waals surface area contributed by atoms with Crippen molar-refractivity contribution in [1.82, 2.24) is 9.97 Å². The van der Waals surface area contributed by atoms with E-state index in [1.54, 1.807) is 12.1 Å². The lowest BCUT2D eigenvalue weighted by Gasteiger charge is -2.16. The highest BCUT2D eigenvalue weighted by atomic mass is 35.5. The number of anilines is 1. The minimum absolute atomic E-state index is 0.0327. The molecule has 190 valence electrons. The van der Waals surface area contributed by atoms with Crippen molar-refractivity contribution in [3.05, 3.63) is 76.3 Å². The molecule has 1 aliphatic heterocycles. The van der Waals surface area contributed by atoms with Gasteiger partial charge in [0.25, 0.3) is 10.0 Å². The van der Waals surface area contributed by atoms with Crippen LogP contribution in [0.3, 0.4) is 0 Å². The highest BCUT2D eigenvalue weighted by Gasteiger charge is 2.29. The number of rotatable bonds is 7. The van der Waals surface area contributed by atoms with E-state index in [2.05, 4.69) is 14.7 Å². The Kier molecular flexibility index (Phi) is 6.54. The van der Waals surface area contributed by atoms with Crippen molar-refractivity contribution in [3.8, 4) is 40.1 Å². The Morgan fingerprint density at radius 3 is 2.62 bits per heavy atom. The smallest absolute Gasteiger partial charge is 0.266 e. The Morgan fingerprint density at radius 2 is 1.86 bits per heavy atom. The lowest BCUT2D eigenvalue weighted by molar-refractivity contribution is -0.605. The minimum Gasteiger partial charge on any atom is -0.619 e. The molecule has 0 saturated heterocycles. The molecule has 0 fully saturated rings. The number of pyridine rings is 1. The van der Waals surface area contributed by atoms with Crippen LogP contribution in [0.15, 0.2) is 65.8 Å². The Hall–Kier alpha value is -4.00. The maximum absolute atomic E-state index is 13.4. The predicted molar refractivity (Wildman–Crippen MR) is 133 cm³/mol. The van der Waals surface area contributed by atoms with Crippen LogP contribution in [-0.2, 0) is 10.0 Å². The Bertz CT molecular complexity index is 1600. The fourth-order valence-corrected chi connectivity index (χ4v) is 4.90. The molecule has 5 rings (SSSR count). The zero-order valence-corrected chi connectivity index (χ0v) is 21.2. The first kappa shape index (κ1) is 24.7. The third-order valence-electron chi connectivity index (χ3n) is 5.12. The molecule has 0 atom stereocenters. The molecule has 2 aromatic heterocycles. The lowest BCUT2D eigenvalue weighted by atomic mass is 10.2. The van der Waals surface area contributed by atoms with Gasteiger partial charge >= 0.3 is 0 Å². The molecule has 0 amide bonds. The van der Waals surface area contributed by atoms with Crippen LogP contribution in [0.4, 0.5) is 5.82 Å². The van der Waals surface area contributed by atoms with E-state index in [1.165, 1.54) is 55.9 Å². The Balaban J connectivity index is 1.63. The van der Waals surface area contributed by atoms with Gasteiger partial charge in [-0.2, -0.15) is 4.73 Å². The summed E-state index contributed by atoms with van der Waals surface area (Å²) in [5, 5.41) is 11.4. The largest absolute Gasteiger partial charge is 0.619 e. The zero-order chi connectivity index (χ0) is 26.2. The van der Waals surface area contributed by atoms with Crippen molar-refractivity contribution >= 4 is 39.0 Å². The summed E-state index contributed by atoms with van der Waals surface area (Å²) in [4.78, 5) is 8.38. The van der Waals surface area contributed by atoms with E-state index in [4.69, 9.17) is 42.1 Å². The number of fused-ring (bicyclic) bond motifs is 1. The maximum Gasteiger partial charge on any atom is 0.266 e. The van der Waals surface area contributed by atoms with Crippen molar-refractivity contribution in [2.75, 3.05) is 18.6 Å². The zero-order valence-electron chi connectivity index (χ0n) is 18.8. The van der Waals surface area contributed by atoms with Gasteiger partial charge in [-0.25, -0.2) is 18.4 Å². The van der Waals surface area contributed by atoms with Crippen molar-refractivity contribution in [2.24, 2.45) is 0 Å². The van der Waals surface area contributed by atoms with Gasteiger partial charge in [0.15, 0.2) is 40.7 Å². The van der Waals surface area contributed by atoms with E-state index in [0.29, 0.717) is 16.0 Å². The number of nitrogens with zero attached hydrogens (tertiary/aromatic N) is 3. The highest BCUT2D eigenvalue weighted by Crippen LogP contribution is 2.42. The molecule has 11 nitrogen and oxygen atoms in total. The molecule has 0 aliphatic carbocycles. The maximum atomic E-state index is 13.4. The van der Waals surface area contributed by atoms with Gasteiger partial charge in [-0.3, -0.25) is 4.72 Å². The van der Waals surface area contributed by atoms with Gasteiger partial charge < -0.3 is 24.2 Å². The van der Waals surface area contributed by atoms with Crippen molar-refractivity contribution in [3.63, 3.8) is 0 Å². The van der Waals surface area contributed by atoms with E-state index in [9.17, 15) is 13.6 Å². The Morgan fingerprint density at radius 1 is 1.08 bits per heavy atom. The Labute approximate surface area is 220 Å². The summed E-state index contributed by atoms with van der Waals surface area (Å²) in [6.45, 7) is -0.123. The molecular formula is C23H16Cl2N4O7S. The average molecular weight is 563 g/mol. The first-order valence-corrected chi connectivity index (χ1v) is 12.7. The molecule has 0 saturated carbocycles. The van der Waals surface area contributed by atoms with Gasteiger partial charge in [0.1, 0.15) is 16.4 Å². The first-order valence-electron chi connectivity index (χ1n) is 10.4. The molecule has 1 N–H and O–H groups in total. The summed E-state index contributed by atoms with van der Waals surface area (Å²) in [5.74, 6) is 0.403. The number of benzene rings is 2. The second-order valence-electron chi connectivity index (χ2n) is 7.46. The molecule has 37 heavy (non-hydrogen) atoms. The minimum atomic E-state index is -4.29. The van der Waals surface area contributed by atoms with Gasteiger partial charge in [-0.05, 0) is 24.3 Å². The van der Waals surface area contributed by atoms with Crippen molar-refractivity contribution < 1.29 is 32.1 Å². The second-order valence-corrected chi connectivity index (χ2v) is 9.87. The first-order chi connectivity index (χ1) is 17.7. The van der Waals surface area contributed by atoms with Crippen LogP contribution in [0, 0.1) is 5.21 Å². The third-order valence-corrected chi connectivity index (χ3v) is 7.05. The fourth-order valence-electron chi connectivity index (χ4n) is 3.37. The number of ether oxygens (including phenoxy) is 4. The normalized spacial score (nSPS) is 12.3. The van der Waals surface area contributed by atoms with Gasteiger partial charge in [0.05, 0.1) is 12.1 Å². The quantitative estimate of drug-likeness (QED) is 0.197. The number of hydrogen-bond acceptors (Lipinski definition) is 9. The van der Waals surface area contributed by atoms with Crippen LogP contribution in [0.5, 0.6) is 28.7 Å². The van der Waals surface area contributed by atoms with Gasteiger partial charge in [0, 0.05) is 23.8 Å². The number of para-hydroxylation sites is 1. The number of sulfonamides is 1. The average Bonchev–Trinajstić information content (AvgIpc) is 3.36. The van der Waals surface area contributed by atoms with E-state index in [0.717, 1.165) is 0 Å². The highest BCUT2D eigenvalue weighted by molar-refractivity contribution is 7.92. The van der Waals surface area contributed by atoms with Gasteiger partial charge in [-0.15, -0.1) is 0 Å². The van der Waals surface area contributed by atoms with Crippen LogP contribution in [0.25, 0.3) is 11.4 Å². The van der Waals surface area contributed by atoms with Crippen molar-refractivity contribution in [2.45, 2.75) is 4.90 Å². The lowest BCUT2D eigenvalue weighted by Crippen LogP contribution is -2.23. The standard InChI is InChI=1S/C23H16Cl2N4O7S/c1-33-14-5-6-15(24)17(11-14)36-20-21(25)26-22(13-7-9-29(30)10-8-13)27-23(20)28-37(31,32)18-4-2-3-16-19(18)35-12-34-16/h2-11H,12H2,1H3,(H,26,27,28). The molecule has 0 radical (unpaired) electrons. The number of nitrogens with one attached hydrogen (secondary N) is 1. The summed E-state index contributed by atoms with van der Waals surface area (Å²) < 4.78 is 51.6. The SMILES string of the molecule is COc1ccc(Cl)c(Oc2c(Cl)nc(-c3cc[n+]([O-])cc3)nc2NS(=O)(=O)c2cccc3c2OCO3)c1. The van der Waals surface area contributed by atoms with Crippen LogP contribution < -0.4 is 28.4 Å². The van der Waals surface area contributed by atoms with Crippen LogP contribution in [-0.4, -0.2) is 32.3 Å². The number of aromatic nitrogens is 3. The summed E-state index contributed by atoms with van der Waals surface area (Å²) in [7, 11) is -2.83. The predicted octanol–water partition coefficient (Wildman–Crippen LogP) is 4.41. The van der Waals surface area contributed by atoms with Gasteiger partial charge in [0.2, 0.25) is 12.5 Å². The summed E-state index contributed by atoms with van der Waals surface area (Å²) in [6, 6.07) is 12.0. The molecule has 0 unspecified atom stereocenters. The van der Waals surface area contributed by atoms with Crippen molar-refractivity contribution in [1.29, 1.82) is 0 Å². The van der Waals surface area contributed by atoms with Crippen LogP contribution >= 0.6 is 23.2 Å².